The van der Waals surface area contributed by atoms with Gasteiger partial charge in [0.15, 0.2) is 9.84 Å². The van der Waals surface area contributed by atoms with Gasteiger partial charge in [-0.1, -0.05) is 42.0 Å². The Hall–Kier alpha value is -1.51. The van der Waals surface area contributed by atoms with E-state index >= 15 is 0 Å². The molecule has 0 atom stereocenters. The molecule has 2 rings (SSSR count). The number of sulfone groups is 1. The van der Waals surface area contributed by atoms with Crippen LogP contribution in [-0.2, 0) is 28.9 Å². The van der Waals surface area contributed by atoms with Gasteiger partial charge in [-0.15, -0.1) is 0 Å². The van der Waals surface area contributed by atoms with Gasteiger partial charge in [0.2, 0.25) is 0 Å². The van der Waals surface area contributed by atoms with Crippen LogP contribution in [0, 0.1) is 6.92 Å². The van der Waals surface area contributed by atoms with Crippen LogP contribution in [0.15, 0.2) is 53.4 Å². The molecule has 0 saturated heterocycles. The molecule has 2 aromatic rings. The highest BCUT2D eigenvalue weighted by Crippen LogP contribution is 2.17. The minimum absolute atomic E-state index is 0.0577. The van der Waals surface area contributed by atoms with Crippen LogP contribution in [0.5, 0.6) is 0 Å². The molecule has 0 amide bonds. The van der Waals surface area contributed by atoms with Crippen LogP contribution in [-0.4, -0.2) is 38.6 Å². The minimum Gasteiger partial charge on any atom is -0.373 e. The molecule has 2 aromatic carbocycles. The van der Waals surface area contributed by atoms with Crippen molar-refractivity contribution in [3.8, 4) is 0 Å². The highest BCUT2D eigenvalue weighted by atomic mass is 32.2. The summed E-state index contributed by atoms with van der Waals surface area (Å²) in [5.74, 6) is -0.0577. The van der Waals surface area contributed by atoms with E-state index in [2.05, 4.69) is 0 Å². The van der Waals surface area contributed by atoms with Gasteiger partial charge in [-0.2, -0.15) is 0 Å². The van der Waals surface area contributed by atoms with E-state index in [4.69, 9.17) is 13.3 Å². The summed E-state index contributed by atoms with van der Waals surface area (Å²) < 4.78 is 41.3. The molecule has 5 nitrogen and oxygen atoms in total. The van der Waals surface area contributed by atoms with E-state index in [-0.39, 0.29) is 5.75 Å². The Kier molecular flexibility index (Phi) is 5.95. The molecule has 0 aliphatic heterocycles. The molecular formula is C17H22O5SSi. The topological polar surface area (TPSA) is 61.8 Å². The summed E-state index contributed by atoms with van der Waals surface area (Å²) in [5, 5.41) is 0.784. The lowest BCUT2D eigenvalue weighted by Crippen LogP contribution is -2.54. The normalized spacial score (nSPS) is 12.3. The van der Waals surface area contributed by atoms with E-state index < -0.39 is 18.6 Å². The molecule has 0 heterocycles. The van der Waals surface area contributed by atoms with E-state index in [0.29, 0.717) is 10.5 Å². The first-order valence-corrected chi connectivity index (χ1v) is 10.8. The van der Waals surface area contributed by atoms with Crippen molar-refractivity contribution >= 4 is 23.8 Å². The molecule has 0 unspecified atom stereocenters. The monoisotopic (exact) mass is 366 g/mol. The Balaban J connectivity index is 2.24. The molecule has 0 bridgehead atoms. The first-order chi connectivity index (χ1) is 11.4. The Labute approximate surface area is 144 Å². The zero-order valence-electron chi connectivity index (χ0n) is 14.3. The van der Waals surface area contributed by atoms with Crippen LogP contribution in [0.3, 0.4) is 0 Å². The minimum atomic E-state index is -3.38. The second-order valence-corrected chi connectivity index (χ2v) is 10.3. The van der Waals surface area contributed by atoms with Crippen molar-refractivity contribution in [1.82, 2.24) is 0 Å². The third-order valence-corrected chi connectivity index (χ3v) is 8.21. The Morgan fingerprint density at radius 1 is 0.833 bits per heavy atom. The molecule has 130 valence electrons. The lowest BCUT2D eigenvalue weighted by Gasteiger charge is -2.24. The van der Waals surface area contributed by atoms with Gasteiger partial charge in [-0.05, 0) is 24.6 Å². The molecule has 0 N–H and O–H groups in total. The van der Waals surface area contributed by atoms with Crippen molar-refractivity contribution in [2.24, 2.45) is 0 Å². The number of aryl methyl sites for hydroxylation is 1. The smallest absolute Gasteiger partial charge is 0.373 e. The predicted molar refractivity (Wildman–Crippen MR) is 94.9 cm³/mol. The maximum Gasteiger partial charge on any atom is 0.536 e. The summed E-state index contributed by atoms with van der Waals surface area (Å²) in [7, 11) is -1.66. The summed E-state index contributed by atoms with van der Waals surface area (Å²) in [6.45, 7) is 1.92. The fourth-order valence-electron chi connectivity index (χ4n) is 2.46. The average molecular weight is 367 g/mol. The second-order valence-electron chi connectivity index (χ2n) is 5.44. The molecule has 0 spiro atoms. The van der Waals surface area contributed by atoms with Crippen LogP contribution in [0.4, 0.5) is 0 Å². The van der Waals surface area contributed by atoms with Crippen molar-refractivity contribution in [2.75, 3.05) is 21.3 Å². The van der Waals surface area contributed by atoms with Gasteiger partial charge in [0.25, 0.3) is 0 Å². The Morgan fingerprint density at radius 2 is 1.33 bits per heavy atom. The molecular weight excluding hydrogens is 344 g/mol. The van der Waals surface area contributed by atoms with E-state index in [9.17, 15) is 8.42 Å². The van der Waals surface area contributed by atoms with E-state index in [1.54, 1.807) is 48.5 Å². The van der Waals surface area contributed by atoms with Gasteiger partial charge >= 0.3 is 8.80 Å². The number of benzene rings is 2. The van der Waals surface area contributed by atoms with Gasteiger partial charge in [0, 0.05) is 26.5 Å². The Morgan fingerprint density at radius 3 is 1.79 bits per heavy atom. The highest BCUT2D eigenvalue weighted by molar-refractivity contribution is 7.90. The third-order valence-electron chi connectivity index (χ3n) is 3.85. The molecule has 0 aromatic heterocycles. The molecule has 7 heteroatoms. The molecule has 0 saturated carbocycles. The van der Waals surface area contributed by atoms with Crippen molar-refractivity contribution in [2.45, 2.75) is 17.6 Å². The summed E-state index contributed by atoms with van der Waals surface area (Å²) in [6, 6.07) is 14.0. The van der Waals surface area contributed by atoms with Crippen molar-refractivity contribution < 1.29 is 21.7 Å². The largest absolute Gasteiger partial charge is 0.536 e. The molecule has 0 aliphatic rings. The standard InChI is InChI=1S/C17H22O5SSi/c1-14-5-9-16(10-6-14)23(18,19)13-15-7-11-17(12-8-15)24(20-2,21-3)22-4/h5-12H,13H2,1-4H3. The average Bonchev–Trinajstić information content (AvgIpc) is 2.58. The highest BCUT2D eigenvalue weighted by Gasteiger charge is 2.40. The number of rotatable bonds is 7. The van der Waals surface area contributed by atoms with E-state index in [0.717, 1.165) is 10.8 Å². The molecule has 0 radical (unpaired) electrons. The quantitative estimate of drug-likeness (QED) is 0.702. The van der Waals surface area contributed by atoms with Crippen LogP contribution < -0.4 is 5.19 Å². The maximum absolute atomic E-state index is 12.5. The van der Waals surface area contributed by atoms with Crippen LogP contribution in [0.1, 0.15) is 11.1 Å². The zero-order valence-corrected chi connectivity index (χ0v) is 16.1. The molecule has 0 aliphatic carbocycles. The summed E-state index contributed by atoms with van der Waals surface area (Å²) >= 11 is 0. The summed E-state index contributed by atoms with van der Waals surface area (Å²) in [5.41, 5.74) is 1.73. The van der Waals surface area contributed by atoms with Crippen molar-refractivity contribution in [3.63, 3.8) is 0 Å². The van der Waals surface area contributed by atoms with Crippen LogP contribution >= 0.6 is 0 Å². The number of hydrogen-bond donors (Lipinski definition) is 0. The van der Waals surface area contributed by atoms with E-state index in [1.807, 2.05) is 6.92 Å². The second kappa shape index (κ2) is 7.58. The van der Waals surface area contributed by atoms with Crippen molar-refractivity contribution in [1.29, 1.82) is 0 Å². The SMILES string of the molecule is CO[Si](OC)(OC)c1ccc(CS(=O)(=O)c2ccc(C)cc2)cc1. The van der Waals surface area contributed by atoms with Gasteiger partial charge in [0.1, 0.15) is 0 Å². The first-order valence-electron chi connectivity index (χ1n) is 7.41. The lowest BCUT2D eigenvalue weighted by molar-refractivity contribution is 0.140. The predicted octanol–water partition coefficient (Wildman–Crippen LogP) is 2.05. The van der Waals surface area contributed by atoms with Crippen LogP contribution in [0.2, 0.25) is 0 Å². The fraction of sp³-hybridized carbons (Fsp3) is 0.294. The summed E-state index contributed by atoms with van der Waals surface area (Å²) in [6.07, 6.45) is 0. The van der Waals surface area contributed by atoms with Gasteiger partial charge in [-0.3, -0.25) is 0 Å². The summed E-state index contributed by atoms with van der Waals surface area (Å²) in [4.78, 5) is 0.326. The number of hydrogen-bond acceptors (Lipinski definition) is 5. The van der Waals surface area contributed by atoms with Crippen molar-refractivity contribution in [3.05, 3.63) is 59.7 Å². The maximum atomic E-state index is 12.5. The lowest BCUT2D eigenvalue weighted by atomic mass is 10.2. The fourth-order valence-corrected chi connectivity index (χ4v) is 5.59. The zero-order chi connectivity index (χ0) is 17.8. The Bertz CT molecular complexity index is 757. The van der Waals surface area contributed by atoms with Gasteiger partial charge in [-0.25, -0.2) is 8.42 Å². The molecule has 24 heavy (non-hydrogen) atoms. The third kappa shape index (κ3) is 3.93. The molecule has 0 fully saturated rings. The van der Waals surface area contributed by atoms with E-state index in [1.165, 1.54) is 21.3 Å². The first kappa shape index (κ1) is 18.8. The van der Waals surface area contributed by atoms with Gasteiger partial charge in [0.05, 0.1) is 10.6 Å². The van der Waals surface area contributed by atoms with Crippen LogP contribution in [0.25, 0.3) is 0 Å². The van der Waals surface area contributed by atoms with Gasteiger partial charge < -0.3 is 13.3 Å².